The first-order valence-electron chi connectivity index (χ1n) is 15.4. The highest BCUT2D eigenvalue weighted by atomic mass is 16.6. The summed E-state index contributed by atoms with van der Waals surface area (Å²) in [5.41, 5.74) is 13.9. The number of benzene rings is 4. The van der Waals surface area contributed by atoms with Gasteiger partial charge in [-0.1, -0.05) is 126 Å². The average Bonchev–Trinajstić information content (AvgIpc) is 3.48. The van der Waals surface area contributed by atoms with Crippen molar-refractivity contribution in [3.8, 4) is 0 Å². The molecule has 0 radical (unpaired) electrons. The molecule has 5 aromatic rings. The van der Waals surface area contributed by atoms with Crippen LogP contribution in [0.4, 0.5) is 0 Å². The van der Waals surface area contributed by atoms with E-state index in [2.05, 4.69) is 10.0 Å². The van der Waals surface area contributed by atoms with Gasteiger partial charge >= 0.3 is 0 Å². The van der Waals surface area contributed by atoms with Crippen LogP contribution in [-0.4, -0.2) is 18.8 Å². The van der Waals surface area contributed by atoms with Crippen molar-refractivity contribution in [3.63, 3.8) is 0 Å². The first-order chi connectivity index (χ1) is 22.7. The average molecular weight is 618 g/mol. The molecule has 5 rings (SSSR count). The Balaban J connectivity index is 1.49. The molecule has 8 heteroatoms. The van der Waals surface area contributed by atoms with E-state index in [9.17, 15) is 0 Å². The van der Waals surface area contributed by atoms with Crippen LogP contribution in [0.2, 0.25) is 0 Å². The zero-order valence-electron chi connectivity index (χ0n) is 26.0. The fourth-order valence-corrected chi connectivity index (χ4v) is 5.09. The summed E-state index contributed by atoms with van der Waals surface area (Å²) in [5, 5.41) is 3.76. The van der Waals surface area contributed by atoms with Crippen LogP contribution in [0.25, 0.3) is 10.4 Å². The molecule has 3 atom stereocenters. The van der Waals surface area contributed by atoms with Crippen LogP contribution in [0.3, 0.4) is 0 Å². The molecule has 0 unspecified atom stereocenters. The number of azide groups is 1. The second-order valence-electron chi connectivity index (χ2n) is 10.9. The van der Waals surface area contributed by atoms with Crippen LogP contribution in [0.5, 0.6) is 0 Å². The van der Waals surface area contributed by atoms with Gasteiger partial charge in [-0.05, 0) is 46.3 Å². The SMILES string of the molecule is Cc1oc([C@@H](OCc2ccccc2)[C@H](OCc2ccccc2)[C@@H](COCc2ccccc2)OCc2ccccc2)cc1CN=[N+]=[N-]. The van der Waals surface area contributed by atoms with Gasteiger partial charge in [-0.2, -0.15) is 0 Å². The minimum Gasteiger partial charge on any atom is -0.463 e. The third-order valence-electron chi connectivity index (χ3n) is 7.55. The first-order valence-corrected chi connectivity index (χ1v) is 15.4. The molecule has 8 nitrogen and oxygen atoms in total. The topological polar surface area (TPSA) is 98.8 Å². The highest BCUT2D eigenvalue weighted by Gasteiger charge is 2.36. The minimum absolute atomic E-state index is 0.168. The van der Waals surface area contributed by atoms with Crippen LogP contribution in [0.1, 0.15) is 45.4 Å². The van der Waals surface area contributed by atoms with Crippen LogP contribution in [0, 0.1) is 6.92 Å². The molecule has 0 saturated carbocycles. The van der Waals surface area contributed by atoms with E-state index in [0.717, 1.165) is 27.8 Å². The number of aryl methyl sites for hydroxylation is 1. The molecule has 0 aliphatic heterocycles. The second kappa shape index (κ2) is 17.7. The van der Waals surface area contributed by atoms with E-state index in [4.69, 9.17) is 28.9 Å². The van der Waals surface area contributed by atoms with Gasteiger partial charge in [0.2, 0.25) is 0 Å². The van der Waals surface area contributed by atoms with Gasteiger partial charge in [-0.3, -0.25) is 0 Å². The predicted octanol–water partition coefficient (Wildman–Crippen LogP) is 9.04. The number of hydrogen-bond donors (Lipinski definition) is 0. The Hall–Kier alpha value is -4.69. The normalized spacial score (nSPS) is 13.1. The maximum absolute atomic E-state index is 8.95. The van der Waals surface area contributed by atoms with E-state index in [1.54, 1.807) is 0 Å². The molecule has 4 aromatic carbocycles. The number of furan rings is 1. The highest BCUT2D eigenvalue weighted by Crippen LogP contribution is 2.33. The van der Waals surface area contributed by atoms with Crippen LogP contribution >= 0.6 is 0 Å². The largest absolute Gasteiger partial charge is 0.463 e. The van der Waals surface area contributed by atoms with Gasteiger partial charge in [0, 0.05) is 4.91 Å². The van der Waals surface area contributed by atoms with Crippen LogP contribution < -0.4 is 0 Å². The summed E-state index contributed by atoms with van der Waals surface area (Å²) in [7, 11) is 0. The lowest BCUT2D eigenvalue weighted by atomic mass is 10.0. The summed E-state index contributed by atoms with van der Waals surface area (Å²) in [5.74, 6) is 1.21. The zero-order chi connectivity index (χ0) is 31.8. The van der Waals surface area contributed by atoms with Crippen LogP contribution in [0.15, 0.2) is 137 Å². The lowest BCUT2D eigenvalue weighted by molar-refractivity contribution is -0.174. The van der Waals surface area contributed by atoms with E-state index in [1.165, 1.54) is 0 Å². The summed E-state index contributed by atoms with van der Waals surface area (Å²) >= 11 is 0. The van der Waals surface area contributed by atoms with E-state index in [0.29, 0.717) is 37.9 Å². The Morgan fingerprint density at radius 3 is 1.65 bits per heavy atom. The Morgan fingerprint density at radius 2 is 1.13 bits per heavy atom. The van der Waals surface area contributed by atoms with Gasteiger partial charge in [0.1, 0.15) is 29.8 Å². The Morgan fingerprint density at radius 1 is 0.652 bits per heavy atom. The van der Waals surface area contributed by atoms with Crippen molar-refractivity contribution in [2.45, 2.75) is 58.2 Å². The van der Waals surface area contributed by atoms with Crippen molar-refractivity contribution in [2.75, 3.05) is 6.61 Å². The lowest BCUT2D eigenvalue weighted by Crippen LogP contribution is -2.41. The summed E-state index contributed by atoms with van der Waals surface area (Å²) in [6.07, 6.45) is -1.86. The molecule has 0 aliphatic carbocycles. The third-order valence-corrected chi connectivity index (χ3v) is 7.55. The van der Waals surface area contributed by atoms with Crippen molar-refractivity contribution >= 4 is 0 Å². The summed E-state index contributed by atoms with van der Waals surface area (Å²) in [6.45, 7) is 3.69. The monoisotopic (exact) mass is 617 g/mol. The molecule has 0 amide bonds. The van der Waals surface area contributed by atoms with Gasteiger partial charge in [-0.15, -0.1) is 0 Å². The van der Waals surface area contributed by atoms with Crippen molar-refractivity contribution in [1.82, 2.24) is 0 Å². The maximum atomic E-state index is 8.95. The summed E-state index contributed by atoms with van der Waals surface area (Å²) in [4.78, 5) is 2.93. The summed E-state index contributed by atoms with van der Waals surface area (Å²) < 4.78 is 32.6. The van der Waals surface area contributed by atoms with Crippen molar-refractivity contribution in [1.29, 1.82) is 0 Å². The Labute approximate surface area is 270 Å². The van der Waals surface area contributed by atoms with E-state index < -0.39 is 18.3 Å². The summed E-state index contributed by atoms with van der Waals surface area (Å²) in [6, 6.07) is 41.9. The predicted molar refractivity (Wildman–Crippen MR) is 176 cm³/mol. The number of hydrogen-bond acceptors (Lipinski definition) is 6. The lowest BCUT2D eigenvalue weighted by Gasteiger charge is -2.33. The van der Waals surface area contributed by atoms with Gasteiger partial charge in [0.15, 0.2) is 0 Å². The standard InChI is InChI=1S/C38H39N3O5/c1-29-34(23-40-41-39)22-35(46-29)37(44-26-32-18-10-4-11-19-32)38(45-27-33-20-12-5-13-21-33)36(43-25-31-16-8-3-9-17-31)28-42-24-30-14-6-2-7-15-30/h2-22,36-38H,23-28H2,1H3/t36-,37-,38-/m1/s1. The molecular formula is C38H39N3O5. The quantitative estimate of drug-likeness (QED) is 0.0555. The van der Waals surface area contributed by atoms with E-state index >= 15 is 0 Å². The fourth-order valence-electron chi connectivity index (χ4n) is 5.09. The highest BCUT2D eigenvalue weighted by molar-refractivity contribution is 5.24. The molecule has 236 valence electrons. The molecule has 1 heterocycles. The van der Waals surface area contributed by atoms with Crippen molar-refractivity contribution in [2.24, 2.45) is 5.11 Å². The maximum Gasteiger partial charge on any atom is 0.144 e. The first kappa shape index (κ1) is 32.7. The molecule has 0 aliphatic rings. The smallest absolute Gasteiger partial charge is 0.144 e. The molecule has 1 aromatic heterocycles. The fraction of sp³-hybridized carbons (Fsp3) is 0.263. The zero-order valence-corrected chi connectivity index (χ0v) is 26.0. The van der Waals surface area contributed by atoms with Gasteiger partial charge < -0.3 is 23.4 Å². The van der Waals surface area contributed by atoms with Gasteiger partial charge in [0.25, 0.3) is 0 Å². The Kier molecular flexibility index (Phi) is 12.6. The molecule has 0 fully saturated rings. The molecule has 0 N–H and O–H groups in total. The van der Waals surface area contributed by atoms with Crippen LogP contribution in [-0.2, 0) is 51.9 Å². The molecule has 46 heavy (non-hydrogen) atoms. The number of ether oxygens (including phenoxy) is 4. The van der Waals surface area contributed by atoms with E-state index in [1.807, 2.05) is 134 Å². The van der Waals surface area contributed by atoms with E-state index in [-0.39, 0.29) is 13.2 Å². The molecule has 0 spiro atoms. The van der Waals surface area contributed by atoms with Crippen molar-refractivity contribution in [3.05, 3.63) is 177 Å². The van der Waals surface area contributed by atoms with Gasteiger partial charge in [-0.25, -0.2) is 0 Å². The molecule has 0 saturated heterocycles. The minimum atomic E-state index is -0.677. The second-order valence-corrected chi connectivity index (χ2v) is 10.9. The Bertz CT molecular complexity index is 1620. The third kappa shape index (κ3) is 9.91. The molecular weight excluding hydrogens is 578 g/mol. The van der Waals surface area contributed by atoms with Crippen molar-refractivity contribution < 1.29 is 23.4 Å². The molecule has 0 bridgehead atoms. The van der Waals surface area contributed by atoms with Gasteiger partial charge in [0.05, 0.1) is 39.6 Å². The number of rotatable bonds is 18. The number of nitrogens with zero attached hydrogens (tertiary/aromatic N) is 3.